The summed E-state index contributed by atoms with van der Waals surface area (Å²) in [5.41, 5.74) is 10.4. The maximum atomic E-state index is 4.26. The Balaban J connectivity index is 0.930. The molecule has 0 aromatic rings. The van der Waals surface area contributed by atoms with Crippen LogP contribution in [0.2, 0.25) is 0 Å². The number of nitrogens with one attached hydrogen (secondary N) is 1. The Hall–Kier alpha value is -2.32. The van der Waals surface area contributed by atoms with Gasteiger partial charge in [-0.1, -0.05) is 78.3 Å². The first kappa shape index (κ1) is 33.5. The predicted octanol–water partition coefficient (Wildman–Crippen LogP) is 12.2. The van der Waals surface area contributed by atoms with Gasteiger partial charge in [0.15, 0.2) is 0 Å². The minimum atomic E-state index is 0.584. The van der Waals surface area contributed by atoms with Gasteiger partial charge in [-0.25, -0.2) is 0 Å². The molecule has 1 heterocycles. The second-order valence-corrected chi connectivity index (χ2v) is 18.0. The van der Waals surface area contributed by atoms with Crippen molar-refractivity contribution in [3.05, 3.63) is 94.3 Å². The van der Waals surface area contributed by atoms with Crippen LogP contribution in [0.3, 0.4) is 0 Å². The third-order valence-electron chi connectivity index (χ3n) is 15.2. The first-order chi connectivity index (χ1) is 24.8. The van der Waals surface area contributed by atoms with Crippen LogP contribution in [0.4, 0.5) is 0 Å². The third-order valence-corrected chi connectivity index (χ3v) is 15.2. The molecule has 268 valence electrons. The van der Waals surface area contributed by atoms with Crippen molar-refractivity contribution in [3.63, 3.8) is 0 Å². The SMILES string of the molecule is C1=CC(C2=C(NC3CCCC(C4=CCCCC4)C3)CCCC2)CC(C2=CC3C4CC(C5CC=CCC5)=CCC4N(C4C=CCCC4)C3CC2)=C1. The summed E-state index contributed by atoms with van der Waals surface area (Å²) in [7, 11) is 0. The number of hydrogen-bond donors (Lipinski definition) is 1. The first-order valence-electron chi connectivity index (χ1n) is 21.8. The molecule has 2 heteroatoms. The third kappa shape index (κ3) is 6.93. The number of fused-ring (bicyclic) bond motifs is 3. The van der Waals surface area contributed by atoms with Crippen molar-refractivity contribution in [2.75, 3.05) is 0 Å². The zero-order valence-electron chi connectivity index (χ0n) is 31.2. The molecule has 9 atom stereocenters. The molecule has 9 aliphatic rings. The second kappa shape index (κ2) is 15.3. The predicted molar refractivity (Wildman–Crippen MR) is 211 cm³/mol. The van der Waals surface area contributed by atoms with Gasteiger partial charge >= 0.3 is 0 Å². The monoisotopic (exact) mass is 671 g/mol. The molecular weight excluding hydrogens is 605 g/mol. The maximum Gasteiger partial charge on any atom is 0.0284 e. The zero-order chi connectivity index (χ0) is 33.3. The fraction of sp³-hybridized carbons (Fsp3) is 0.667. The first-order valence-corrected chi connectivity index (χ1v) is 21.8. The van der Waals surface area contributed by atoms with E-state index in [1.54, 1.807) is 22.4 Å². The number of allylic oxidation sites excluding steroid dienone is 13. The zero-order valence-corrected chi connectivity index (χ0v) is 31.2. The van der Waals surface area contributed by atoms with E-state index in [2.05, 4.69) is 71.0 Å². The van der Waals surface area contributed by atoms with E-state index < -0.39 is 0 Å². The van der Waals surface area contributed by atoms with Gasteiger partial charge in [-0.05, 0) is 182 Å². The molecule has 0 radical (unpaired) electrons. The highest BCUT2D eigenvalue weighted by atomic mass is 15.3. The van der Waals surface area contributed by atoms with Crippen molar-refractivity contribution >= 4 is 0 Å². The molecule has 2 nitrogen and oxygen atoms in total. The second-order valence-electron chi connectivity index (χ2n) is 18.0. The van der Waals surface area contributed by atoms with Gasteiger partial charge < -0.3 is 5.32 Å². The van der Waals surface area contributed by atoms with Crippen molar-refractivity contribution in [3.8, 4) is 0 Å². The van der Waals surface area contributed by atoms with E-state index in [1.807, 2.05) is 11.1 Å². The van der Waals surface area contributed by atoms with E-state index in [1.165, 1.54) is 148 Å². The lowest BCUT2D eigenvalue weighted by atomic mass is 9.70. The Morgan fingerprint density at radius 3 is 2.48 bits per heavy atom. The number of nitrogens with zero attached hydrogens (tertiary/aromatic N) is 1. The Kier molecular flexibility index (Phi) is 10.3. The lowest BCUT2D eigenvalue weighted by Crippen LogP contribution is -2.46. The van der Waals surface area contributed by atoms with Crippen LogP contribution >= 0.6 is 0 Å². The lowest BCUT2D eigenvalue weighted by Gasteiger charge is -2.40. The van der Waals surface area contributed by atoms with Crippen LogP contribution in [-0.4, -0.2) is 29.1 Å². The molecule has 8 aliphatic carbocycles. The van der Waals surface area contributed by atoms with Crippen LogP contribution in [-0.2, 0) is 0 Å². The highest BCUT2D eigenvalue weighted by molar-refractivity contribution is 5.42. The minimum absolute atomic E-state index is 0.584. The molecule has 1 N–H and O–H groups in total. The van der Waals surface area contributed by atoms with Gasteiger partial charge in [0.2, 0.25) is 0 Å². The molecule has 2 fully saturated rings. The van der Waals surface area contributed by atoms with Gasteiger partial charge in [0.25, 0.3) is 0 Å². The van der Waals surface area contributed by atoms with E-state index in [-0.39, 0.29) is 0 Å². The minimum Gasteiger partial charge on any atom is -0.386 e. The van der Waals surface area contributed by atoms with Crippen molar-refractivity contribution in [2.45, 2.75) is 172 Å². The summed E-state index contributed by atoms with van der Waals surface area (Å²) < 4.78 is 0. The van der Waals surface area contributed by atoms with E-state index in [0.717, 1.165) is 35.8 Å². The van der Waals surface area contributed by atoms with Crippen LogP contribution < -0.4 is 5.32 Å². The Labute approximate surface area is 305 Å². The molecule has 0 amide bonds. The van der Waals surface area contributed by atoms with Crippen LogP contribution in [0.15, 0.2) is 94.3 Å². The normalized spacial score (nSPS) is 39.2. The van der Waals surface area contributed by atoms with Crippen molar-refractivity contribution in [1.29, 1.82) is 0 Å². The summed E-state index contributed by atoms with van der Waals surface area (Å²) in [4.78, 5) is 3.08. The van der Waals surface area contributed by atoms with Gasteiger partial charge in [0.05, 0.1) is 0 Å². The molecule has 9 unspecified atom stereocenters. The van der Waals surface area contributed by atoms with Crippen LogP contribution in [0.1, 0.15) is 148 Å². The van der Waals surface area contributed by atoms with Crippen LogP contribution in [0.25, 0.3) is 0 Å². The molecule has 1 saturated heterocycles. The van der Waals surface area contributed by atoms with Crippen LogP contribution in [0, 0.1) is 29.6 Å². The Bertz CT molecular complexity index is 1490. The fourth-order valence-electron chi connectivity index (χ4n) is 12.7. The molecule has 0 spiro atoms. The summed E-state index contributed by atoms with van der Waals surface area (Å²) in [6.07, 6.45) is 56.7. The summed E-state index contributed by atoms with van der Waals surface area (Å²) in [5.74, 6) is 3.75. The quantitative estimate of drug-likeness (QED) is 0.271. The molecule has 1 aliphatic heterocycles. The maximum absolute atomic E-state index is 4.26. The summed E-state index contributed by atoms with van der Waals surface area (Å²) in [6.45, 7) is 0. The van der Waals surface area contributed by atoms with E-state index in [4.69, 9.17) is 0 Å². The van der Waals surface area contributed by atoms with E-state index in [9.17, 15) is 0 Å². The van der Waals surface area contributed by atoms with Crippen LogP contribution in [0.5, 0.6) is 0 Å². The average molecular weight is 671 g/mol. The van der Waals surface area contributed by atoms with E-state index in [0.29, 0.717) is 18.0 Å². The Morgan fingerprint density at radius 1 is 0.640 bits per heavy atom. The topological polar surface area (TPSA) is 15.3 Å². The largest absolute Gasteiger partial charge is 0.386 e. The molecule has 0 aromatic carbocycles. The average Bonchev–Trinajstić information content (AvgIpc) is 3.52. The highest BCUT2D eigenvalue weighted by Crippen LogP contribution is 2.52. The number of hydrogen-bond acceptors (Lipinski definition) is 2. The molecule has 1 saturated carbocycles. The van der Waals surface area contributed by atoms with E-state index >= 15 is 0 Å². The van der Waals surface area contributed by atoms with Crippen molar-refractivity contribution in [1.82, 2.24) is 10.2 Å². The molecule has 0 bridgehead atoms. The van der Waals surface area contributed by atoms with Gasteiger partial charge in [0, 0.05) is 35.8 Å². The molecular formula is C48H66N2. The van der Waals surface area contributed by atoms with Crippen molar-refractivity contribution < 1.29 is 0 Å². The lowest BCUT2D eigenvalue weighted by molar-refractivity contribution is 0.121. The van der Waals surface area contributed by atoms with Gasteiger partial charge in [0.1, 0.15) is 0 Å². The molecule has 50 heavy (non-hydrogen) atoms. The fourth-order valence-corrected chi connectivity index (χ4v) is 12.7. The summed E-state index contributed by atoms with van der Waals surface area (Å²) in [5, 5.41) is 4.26. The van der Waals surface area contributed by atoms with Gasteiger partial charge in [-0.2, -0.15) is 0 Å². The number of likely N-dealkylation sites (tertiary alicyclic amines) is 1. The highest BCUT2D eigenvalue weighted by Gasteiger charge is 2.51. The number of rotatable bonds is 7. The molecule has 0 aromatic heterocycles. The summed E-state index contributed by atoms with van der Waals surface area (Å²) >= 11 is 0. The summed E-state index contributed by atoms with van der Waals surface area (Å²) in [6, 6.07) is 2.81. The van der Waals surface area contributed by atoms with Gasteiger partial charge in [-0.15, -0.1) is 0 Å². The van der Waals surface area contributed by atoms with Crippen molar-refractivity contribution in [2.24, 2.45) is 29.6 Å². The standard InChI is InChI=1S/C48H66N2/c1-4-14-34(15-5-1)37-19-13-21-41(31-37)49-46-25-11-10-24-43(46)40-20-12-18-36(30-40)39-27-29-48-45(33-39)44-32-38(35-16-6-2-7-17-35)26-28-47(44)50(48)42-22-8-3-9-23-42/h2,6,8,12,14,18,20,22,26,33,35,37,40-42,44-45,47-49H,1,3-5,7,9-11,13,15-17,19,21,23-25,27-32H2. The smallest absolute Gasteiger partial charge is 0.0284 e. The van der Waals surface area contributed by atoms with Gasteiger partial charge in [-0.3, -0.25) is 4.90 Å². The molecule has 9 rings (SSSR count). The Morgan fingerprint density at radius 2 is 1.60 bits per heavy atom.